The third-order valence-electron chi connectivity index (χ3n) is 3.75. The van der Waals surface area contributed by atoms with Crippen LogP contribution in [0.1, 0.15) is 79.1 Å². The van der Waals surface area contributed by atoms with E-state index in [0.29, 0.717) is 38.2 Å². The van der Waals surface area contributed by atoms with Crippen molar-refractivity contribution in [3.05, 3.63) is 17.7 Å². The standard InChI is InChI=1S/C19H37O5Si/c1-5-8-14-22-25(23-15-9-6-2,24-16-10-7-3)17-12-11-13-18(4)19(20)21/h13,17H,5-12,14-16H2,1-4H3,(H,20,21). The third-order valence-corrected chi connectivity index (χ3v) is 6.36. The minimum Gasteiger partial charge on any atom is -0.478 e. The summed E-state index contributed by atoms with van der Waals surface area (Å²) >= 11 is 0. The van der Waals surface area contributed by atoms with E-state index < -0.39 is 14.8 Å². The van der Waals surface area contributed by atoms with Crippen molar-refractivity contribution in [2.45, 2.75) is 79.1 Å². The molecule has 5 nitrogen and oxygen atoms in total. The van der Waals surface area contributed by atoms with E-state index in [4.69, 9.17) is 18.4 Å². The van der Waals surface area contributed by atoms with Gasteiger partial charge in [0.2, 0.25) is 0 Å². The summed E-state index contributed by atoms with van der Waals surface area (Å²) in [5.74, 6) is -0.874. The molecule has 0 amide bonds. The number of allylic oxidation sites excluding steroid dienone is 1. The van der Waals surface area contributed by atoms with Gasteiger partial charge in [-0.1, -0.05) is 46.1 Å². The first-order chi connectivity index (χ1) is 12.0. The van der Waals surface area contributed by atoms with Crippen LogP contribution < -0.4 is 0 Å². The molecule has 6 heteroatoms. The largest absolute Gasteiger partial charge is 0.504 e. The Balaban J connectivity index is 4.79. The Morgan fingerprint density at radius 1 is 0.880 bits per heavy atom. The molecule has 1 N–H and O–H groups in total. The third kappa shape index (κ3) is 12.3. The van der Waals surface area contributed by atoms with E-state index in [1.165, 1.54) is 0 Å². The summed E-state index contributed by atoms with van der Waals surface area (Å²) < 4.78 is 18.4. The van der Waals surface area contributed by atoms with Gasteiger partial charge in [0.25, 0.3) is 0 Å². The van der Waals surface area contributed by atoms with Crippen LogP contribution in [-0.2, 0) is 18.1 Å². The molecule has 0 saturated heterocycles. The molecule has 0 aliphatic carbocycles. The fraction of sp³-hybridized carbons (Fsp3) is 0.789. The van der Waals surface area contributed by atoms with E-state index in [2.05, 4.69) is 20.8 Å². The molecule has 0 aliphatic heterocycles. The van der Waals surface area contributed by atoms with Gasteiger partial charge in [-0.05, 0) is 39.0 Å². The van der Waals surface area contributed by atoms with Crippen molar-refractivity contribution in [1.29, 1.82) is 0 Å². The van der Waals surface area contributed by atoms with Crippen molar-refractivity contribution in [2.24, 2.45) is 0 Å². The van der Waals surface area contributed by atoms with E-state index >= 15 is 0 Å². The molecule has 0 rings (SSSR count). The Bertz CT molecular complexity index is 344. The van der Waals surface area contributed by atoms with E-state index in [9.17, 15) is 4.79 Å². The van der Waals surface area contributed by atoms with Crippen LogP contribution in [0.2, 0.25) is 0 Å². The first-order valence-corrected chi connectivity index (χ1v) is 11.5. The van der Waals surface area contributed by atoms with Crippen molar-refractivity contribution in [3.63, 3.8) is 0 Å². The molecule has 0 atom stereocenters. The van der Waals surface area contributed by atoms with Gasteiger partial charge in [0.05, 0.1) is 0 Å². The minimum atomic E-state index is -2.81. The fourth-order valence-electron chi connectivity index (χ4n) is 2.03. The summed E-state index contributed by atoms with van der Waals surface area (Å²) in [6.07, 6.45) is 9.22. The molecule has 0 saturated carbocycles. The molecular weight excluding hydrogens is 336 g/mol. The SMILES string of the molecule is CCCCO[Si]([CH]CCC=C(C)C(=O)O)(OCCCC)OCCCC. The number of unbranched alkanes of at least 4 members (excludes halogenated alkanes) is 4. The number of hydrogen-bond donors (Lipinski definition) is 1. The number of aliphatic carboxylic acids is 1. The second-order valence-electron chi connectivity index (χ2n) is 6.18. The highest BCUT2D eigenvalue weighted by Gasteiger charge is 2.40. The number of rotatable bonds is 17. The second kappa shape index (κ2) is 15.6. The van der Waals surface area contributed by atoms with Gasteiger partial charge in [0.1, 0.15) is 0 Å². The maximum absolute atomic E-state index is 10.9. The lowest BCUT2D eigenvalue weighted by molar-refractivity contribution is -0.132. The molecule has 0 aromatic rings. The van der Waals surface area contributed by atoms with Crippen molar-refractivity contribution in [3.8, 4) is 0 Å². The summed E-state index contributed by atoms with van der Waals surface area (Å²) in [5, 5.41) is 8.93. The molecule has 0 bridgehead atoms. The minimum absolute atomic E-state index is 0.367. The molecule has 0 aromatic heterocycles. The topological polar surface area (TPSA) is 65.0 Å². The van der Waals surface area contributed by atoms with Gasteiger partial charge in [-0.2, -0.15) is 0 Å². The average Bonchev–Trinajstić information content (AvgIpc) is 2.59. The van der Waals surface area contributed by atoms with E-state index in [-0.39, 0.29) is 0 Å². The highest BCUT2D eigenvalue weighted by Crippen LogP contribution is 2.19. The van der Waals surface area contributed by atoms with Crippen molar-refractivity contribution in [1.82, 2.24) is 0 Å². The molecule has 1 radical (unpaired) electrons. The maximum atomic E-state index is 10.9. The van der Waals surface area contributed by atoms with Crippen LogP contribution >= 0.6 is 0 Å². The number of carbonyl (C=O) groups is 1. The Morgan fingerprint density at radius 2 is 1.32 bits per heavy atom. The Kier molecular flexibility index (Phi) is 15.1. The average molecular weight is 374 g/mol. The lowest BCUT2D eigenvalue weighted by Gasteiger charge is -2.29. The van der Waals surface area contributed by atoms with Gasteiger partial charge in [-0.3, -0.25) is 0 Å². The normalized spacial score (nSPS) is 12.6. The predicted octanol–water partition coefficient (Wildman–Crippen LogP) is 4.93. The first-order valence-electron chi connectivity index (χ1n) is 9.67. The molecule has 0 unspecified atom stereocenters. The highest BCUT2D eigenvalue weighted by atomic mass is 28.4. The van der Waals surface area contributed by atoms with Crippen LogP contribution in [0, 0.1) is 6.04 Å². The second-order valence-corrected chi connectivity index (χ2v) is 8.66. The molecule has 0 spiro atoms. The molecule has 0 aliphatic rings. The lowest BCUT2D eigenvalue weighted by Crippen LogP contribution is -2.47. The van der Waals surface area contributed by atoms with Gasteiger partial charge in [-0.15, -0.1) is 0 Å². The summed E-state index contributed by atoms with van der Waals surface area (Å²) in [7, 11) is -2.81. The van der Waals surface area contributed by atoms with Gasteiger partial charge in [-0.25, -0.2) is 4.79 Å². The summed E-state index contributed by atoms with van der Waals surface area (Å²) in [6, 6.07) is 2.04. The van der Waals surface area contributed by atoms with Gasteiger partial charge >= 0.3 is 14.8 Å². The van der Waals surface area contributed by atoms with Crippen molar-refractivity contribution < 1.29 is 23.2 Å². The monoisotopic (exact) mass is 373 g/mol. The Hall–Kier alpha value is -0.693. The van der Waals surface area contributed by atoms with Crippen molar-refractivity contribution >= 4 is 14.8 Å². The molecule has 0 fully saturated rings. The van der Waals surface area contributed by atoms with Gasteiger partial charge < -0.3 is 18.4 Å². The van der Waals surface area contributed by atoms with E-state index in [0.717, 1.165) is 38.5 Å². The van der Waals surface area contributed by atoms with Crippen molar-refractivity contribution in [2.75, 3.05) is 19.8 Å². The highest BCUT2D eigenvalue weighted by molar-refractivity contribution is 6.64. The molecule has 25 heavy (non-hydrogen) atoms. The fourth-order valence-corrected chi connectivity index (χ4v) is 4.44. The van der Waals surface area contributed by atoms with Crippen LogP contribution in [0.4, 0.5) is 0 Å². The predicted molar refractivity (Wildman–Crippen MR) is 103 cm³/mol. The van der Waals surface area contributed by atoms with E-state index in [1.54, 1.807) is 13.0 Å². The quantitative estimate of drug-likeness (QED) is 0.222. The summed E-state index contributed by atoms with van der Waals surface area (Å²) in [6.45, 7) is 9.92. The van der Waals surface area contributed by atoms with Crippen LogP contribution in [0.15, 0.2) is 11.6 Å². The van der Waals surface area contributed by atoms with Gasteiger partial charge in [0, 0.05) is 31.4 Å². The zero-order chi connectivity index (χ0) is 19.0. The summed E-state index contributed by atoms with van der Waals surface area (Å²) in [4.78, 5) is 10.9. The number of hydrogen-bond acceptors (Lipinski definition) is 4. The lowest BCUT2D eigenvalue weighted by atomic mass is 10.2. The zero-order valence-corrected chi connectivity index (χ0v) is 17.5. The zero-order valence-electron chi connectivity index (χ0n) is 16.5. The van der Waals surface area contributed by atoms with Crippen LogP contribution in [0.5, 0.6) is 0 Å². The van der Waals surface area contributed by atoms with Gasteiger partial charge in [0.15, 0.2) is 0 Å². The smallest absolute Gasteiger partial charge is 0.478 e. The van der Waals surface area contributed by atoms with Crippen LogP contribution in [0.25, 0.3) is 0 Å². The molecule has 0 heterocycles. The number of carboxylic acids is 1. The van der Waals surface area contributed by atoms with E-state index in [1.807, 2.05) is 6.04 Å². The Morgan fingerprint density at radius 3 is 1.68 bits per heavy atom. The molecule has 147 valence electrons. The van der Waals surface area contributed by atoms with Crippen LogP contribution in [-0.4, -0.2) is 39.7 Å². The first kappa shape index (κ1) is 24.3. The van der Waals surface area contributed by atoms with Crippen LogP contribution in [0.3, 0.4) is 0 Å². The Labute approximate surface area is 155 Å². The molecular formula is C19H37O5Si. The number of carboxylic acid groups (broad SMARTS) is 1. The maximum Gasteiger partial charge on any atom is 0.504 e. The summed E-state index contributed by atoms with van der Waals surface area (Å²) in [5.41, 5.74) is 0.367. The molecule has 0 aromatic carbocycles.